The predicted octanol–water partition coefficient (Wildman–Crippen LogP) is 3.18. The highest BCUT2D eigenvalue weighted by Gasteiger charge is 2.38. The van der Waals surface area contributed by atoms with Gasteiger partial charge in [-0.15, -0.1) is 11.3 Å². The third kappa shape index (κ3) is 3.33. The Labute approximate surface area is 171 Å². The molecule has 1 N–H and O–H groups in total. The molecule has 148 valence electrons. The Bertz CT molecular complexity index is 1080. The lowest BCUT2D eigenvalue weighted by Crippen LogP contribution is -2.32. The normalized spacial score (nSPS) is 15.8. The van der Waals surface area contributed by atoms with Gasteiger partial charge in [0.25, 0.3) is 0 Å². The van der Waals surface area contributed by atoms with E-state index in [-0.39, 0.29) is 23.0 Å². The van der Waals surface area contributed by atoms with Gasteiger partial charge in [-0.05, 0) is 38.9 Å². The van der Waals surface area contributed by atoms with Crippen LogP contribution in [0.5, 0.6) is 0 Å². The number of benzene rings is 1. The van der Waals surface area contributed by atoms with Gasteiger partial charge in [-0.3, -0.25) is 4.79 Å². The molecule has 1 aliphatic heterocycles. The van der Waals surface area contributed by atoms with Gasteiger partial charge in [-0.1, -0.05) is 49.3 Å². The van der Waals surface area contributed by atoms with E-state index in [4.69, 9.17) is 4.74 Å². The number of ketones is 1. The van der Waals surface area contributed by atoms with E-state index in [1.165, 1.54) is 28.7 Å². The highest BCUT2D eigenvalue weighted by molar-refractivity contribution is 7.12. The van der Waals surface area contributed by atoms with Crippen molar-refractivity contribution in [2.45, 2.75) is 25.8 Å². The molecule has 29 heavy (non-hydrogen) atoms. The van der Waals surface area contributed by atoms with Crippen LogP contribution in [-0.2, 0) is 9.53 Å². The Balaban J connectivity index is 1.92. The number of nitrogens with zero attached hydrogens (tertiary/aromatic N) is 4. The molecule has 0 amide bonds. The minimum Gasteiger partial charge on any atom is -0.464 e. The summed E-state index contributed by atoms with van der Waals surface area (Å²) in [6.07, 6.45) is 0. The molecular formula is C20H19N5O3S. The number of rotatable bonds is 5. The number of thiophene rings is 1. The topological polar surface area (TPSA) is 99.0 Å². The molecule has 8 nitrogen and oxygen atoms in total. The highest BCUT2D eigenvalue weighted by atomic mass is 32.1. The van der Waals surface area contributed by atoms with Gasteiger partial charge < -0.3 is 10.1 Å². The molecular weight excluding hydrogens is 390 g/mol. The first-order valence-electron chi connectivity index (χ1n) is 9.06. The van der Waals surface area contributed by atoms with Gasteiger partial charge >= 0.3 is 5.97 Å². The molecule has 1 aliphatic rings. The predicted molar refractivity (Wildman–Crippen MR) is 108 cm³/mol. The number of Topliss-reactive ketones (excluding diaryl/α,β-unsaturated/α-hetero) is 1. The molecule has 1 atom stereocenters. The van der Waals surface area contributed by atoms with Crippen molar-refractivity contribution in [3.05, 3.63) is 69.1 Å². The number of methoxy groups -OCH3 is 1. The van der Waals surface area contributed by atoms with Gasteiger partial charge in [0.15, 0.2) is 0 Å². The minimum atomic E-state index is -0.661. The number of carbonyl (C=O) groups excluding carboxylic acids is 2. The molecule has 3 heterocycles. The van der Waals surface area contributed by atoms with Crippen molar-refractivity contribution >= 4 is 29.0 Å². The SMILES string of the molecule is COC(=O)C1=C(C(=O)c2cccs2)[C@H](c2ccc(C(C)C)cc2)n2nnnc2N1. The zero-order chi connectivity index (χ0) is 20.5. The third-order valence-electron chi connectivity index (χ3n) is 4.81. The number of hydrogen-bond acceptors (Lipinski definition) is 8. The van der Waals surface area contributed by atoms with E-state index in [2.05, 4.69) is 34.7 Å². The number of carbonyl (C=O) groups is 2. The first kappa shape index (κ1) is 19.0. The second-order valence-electron chi connectivity index (χ2n) is 6.88. The zero-order valence-electron chi connectivity index (χ0n) is 16.1. The van der Waals surface area contributed by atoms with Crippen molar-refractivity contribution in [2.24, 2.45) is 0 Å². The van der Waals surface area contributed by atoms with Crippen molar-refractivity contribution < 1.29 is 14.3 Å². The number of nitrogens with one attached hydrogen (secondary N) is 1. The maximum absolute atomic E-state index is 13.4. The maximum atomic E-state index is 13.4. The molecule has 0 bridgehead atoms. The Morgan fingerprint density at radius 1 is 1.21 bits per heavy atom. The highest BCUT2D eigenvalue weighted by Crippen LogP contribution is 2.37. The number of ether oxygens (including phenoxy) is 1. The molecule has 0 unspecified atom stereocenters. The summed E-state index contributed by atoms with van der Waals surface area (Å²) in [6, 6.07) is 10.8. The van der Waals surface area contributed by atoms with Gasteiger partial charge in [-0.25, -0.2) is 4.79 Å². The average molecular weight is 409 g/mol. The molecule has 0 saturated heterocycles. The quantitative estimate of drug-likeness (QED) is 0.510. The monoisotopic (exact) mass is 409 g/mol. The summed E-state index contributed by atoms with van der Waals surface area (Å²) in [4.78, 5) is 26.5. The summed E-state index contributed by atoms with van der Waals surface area (Å²) in [5.74, 6) is -0.282. The van der Waals surface area contributed by atoms with Gasteiger partial charge in [0.05, 0.1) is 17.6 Å². The van der Waals surface area contributed by atoms with Gasteiger partial charge in [0.2, 0.25) is 11.7 Å². The number of fused-ring (bicyclic) bond motifs is 1. The molecule has 2 aromatic heterocycles. The Morgan fingerprint density at radius 3 is 2.59 bits per heavy atom. The zero-order valence-corrected chi connectivity index (χ0v) is 16.9. The fourth-order valence-electron chi connectivity index (χ4n) is 3.30. The number of tetrazole rings is 1. The van der Waals surface area contributed by atoms with Crippen LogP contribution < -0.4 is 5.32 Å². The van der Waals surface area contributed by atoms with Crippen LogP contribution in [0.3, 0.4) is 0 Å². The number of allylic oxidation sites excluding steroid dienone is 1. The van der Waals surface area contributed by atoms with E-state index >= 15 is 0 Å². The average Bonchev–Trinajstić information content (AvgIpc) is 3.43. The first-order valence-corrected chi connectivity index (χ1v) is 9.94. The number of hydrogen-bond donors (Lipinski definition) is 1. The molecule has 0 saturated carbocycles. The van der Waals surface area contributed by atoms with Crippen LogP contribution in [0.4, 0.5) is 5.95 Å². The Kier molecular flexibility index (Phi) is 4.98. The Morgan fingerprint density at radius 2 is 1.97 bits per heavy atom. The molecule has 0 spiro atoms. The van der Waals surface area contributed by atoms with Crippen molar-refractivity contribution in [3.63, 3.8) is 0 Å². The van der Waals surface area contributed by atoms with Crippen LogP contribution in [0.15, 0.2) is 53.0 Å². The maximum Gasteiger partial charge on any atom is 0.355 e. The number of esters is 1. The van der Waals surface area contributed by atoms with Crippen molar-refractivity contribution in [1.29, 1.82) is 0 Å². The van der Waals surface area contributed by atoms with Gasteiger partial charge in [0.1, 0.15) is 11.7 Å². The minimum absolute atomic E-state index is 0.0473. The van der Waals surface area contributed by atoms with Crippen molar-refractivity contribution in [1.82, 2.24) is 20.2 Å². The molecule has 4 rings (SSSR count). The largest absolute Gasteiger partial charge is 0.464 e. The summed E-state index contributed by atoms with van der Waals surface area (Å²) < 4.78 is 6.44. The van der Waals surface area contributed by atoms with E-state index in [0.29, 0.717) is 10.8 Å². The van der Waals surface area contributed by atoms with E-state index in [1.54, 1.807) is 12.1 Å². The molecule has 0 fully saturated rings. The van der Waals surface area contributed by atoms with E-state index in [0.717, 1.165) is 5.56 Å². The Hall–Kier alpha value is -3.33. The fraction of sp³-hybridized carbons (Fsp3) is 0.250. The second kappa shape index (κ2) is 7.59. The molecule has 0 radical (unpaired) electrons. The van der Waals surface area contributed by atoms with E-state index in [1.807, 2.05) is 29.6 Å². The summed E-state index contributed by atoms with van der Waals surface area (Å²) in [7, 11) is 1.27. The molecule has 3 aromatic rings. The fourth-order valence-corrected chi connectivity index (χ4v) is 3.98. The number of aromatic nitrogens is 4. The molecule has 9 heteroatoms. The molecule has 1 aromatic carbocycles. The van der Waals surface area contributed by atoms with Crippen LogP contribution in [0.2, 0.25) is 0 Å². The van der Waals surface area contributed by atoms with Crippen LogP contribution >= 0.6 is 11.3 Å². The molecule has 0 aliphatic carbocycles. The summed E-state index contributed by atoms with van der Waals surface area (Å²) in [5.41, 5.74) is 2.26. The third-order valence-corrected chi connectivity index (χ3v) is 5.68. The summed E-state index contributed by atoms with van der Waals surface area (Å²) >= 11 is 1.31. The van der Waals surface area contributed by atoms with Gasteiger partial charge in [-0.2, -0.15) is 4.68 Å². The van der Waals surface area contributed by atoms with Crippen LogP contribution in [-0.4, -0.2) is 39.1 Å². The smallest absolute Gasteiger partial charge is 0.355 e. The summed E-state index contributed by atoms with van der Waals surface area (Å²) in [5, 5.41) is 16.4. The number of anilines is 1. The van der Waals surface area contributed by atoms with Crippen LogP contribution in [0.25, 0.3) is 0 Å². The lowest BCUT2D eigenvalue weighted by molar-refractivity contribution is -0.136. The second-order valence-corrected chi connectivity index (χ2v) is 7.83. The van der Waals surface area contributed by atoms with E-state index < -0.39 is 12.0 Å². The lowest BCUT2D eigenvalue weighted by atomic mass is 9.90. The van der Waals surface area contributed by atoms with E-state index in [9.17, 15) is 9.59 Å². The summed E-state index contributed by atoms with van der Waals surface area (Å²) in [6.45, 7) is 4.22. The van der Waals surface area contributed by atoms with Crippen molar-refractivity contribution in [2.75, 3.05) is 12.4 Å². The first-order chi connectivity index (χ1) is 14.0. The standard InChI is InChI=1S/C20H19N5O3S/c1-11(2)12-6-8-13(9-7-12)17-15(18(26)14-5-4-10-29-14)16(19(27)28-3)21-20-22-23-24-25(17)20/h4-11,17H,1-3H3,(H,21,22,24)/t17-/m0/s1. The van der Waals surface area contributed by atoms with Crippen LogP contribution in [0.1, 0.15) is 46.6 Å². The van der Waals surface area contributed by atoms with Crippen molar-refractivity contribution in [3.8, 4) is 0 Å². The van der Waals surface area contributed by atoms with Gasteiger partial charge in [0, 0.05) is 0 Å². The lowest BCUT2D eigenvalue weighted by Gasteiger charge is -2.28. The van der Waals surface area contributed by atoms with Crippen LogP contribution in [0, 0.1) is 0 Å².